The second kappa shape index (κ2) is 10.5. The molecule has 0 aliphatic rings. The number of halogens is 3. The topological polar surface area (TPSA) is 68.9 Å². The largest absolute Gasteiger partial charge is 0.493 e. The van der Waals surface area contributed by atoms with Gasteiger partial charge >= 0.3 is 6.61 Å². The summed E-state index contributed by atoms with van der Waals surface area (Å²) in [6.45, 7) is 5.52. The minimum Gasteiger partial charge on any atom is -0.493 e. The van der Waals surface area contributed by atoms with Crippen LogP contribution in [0.25, 0.3) is 0 Å². The second-order valence-corrected chi connectivity index (χ2v) is 6.07. The van der Waals surface area contributed by atoms with E-state index in [1.807, 2.05) is 27.7 Å². The summed E-state index contributed by atoms with van der Waals surface area (Å²) in [4.78, 5) is 4.16. The van der Waals surface area contributed by atoms with Crippen molar-refractivity contribution in [2.45, 2.75) is 52.8 Å². The number of alkyl halides is 2. The van der Waals surface area contributed by atoms with Crippen molar-refractivity contribution in [2.24, 2.45) is 10.7 Å². The predicted octanol–water partition coefficient (Wildman–Crippen LogP) is 3.90. The zero-order chi connectivity index (χ0) is 17.5. The Hall–Kier alpha value is -1.32. The lowest BCUT2D eigenvalue weighted by molar-refractivity contribution is -0.0505. The van der Waals surface area contributed by atoms with Crippen LogP contribution in [0.3, 0.4) is 0 Å². The lowest BCUT2D eigenvalue weighted by atomic mass is 10.1. The van der Waals surface area contributed by atoms with Gasteiger partial charge < -0.3 is 20.5 Å². The van der Waals surface area contributed by atoms with E-state index in [9.17, 15) is 8.78 Å². The number of nitrogens with one attached hydrogen (secondary N) is 1. The van der Waals surface area contributed by atoms with Crippen molar-refractivity contribution in [2.75, 3.05) is 6.61 Å². The van der Waals surface area contributed by atoms with Crippen LogP contribution in [0.1, 0.15) is 39.7 Å². The molecule has 1 rings (SSSR count). The second-order valence-electron chi connectivity index (χ2n) is 6.07. The van der Waals surface area contributed by atoms with Gasteiger partial charge in [-0.2, -0.15) is 8.78 Å². The fourth-order valence-electron chi connectivity index (χ4n) is 1.77. The molecule has 1 aromatic carbocycles. The molecule has 0 bridgehead atoms. The Balaban J connectivity index is 0.00000529. The van der Waals surface area contributed by atoms with E-state index in [-0.39, 0.29) is 47.8 Å². The molecule has 0 saturated heterocycles. The van der Waals surface area contributed by atoms with Crippen molar-refractivity contribution in [3.8, 4) is 11.5 Å². The van der Waals surface area contributed by atoms with E-state index >= 15 is 0 Å². The Morgan fingerprint density at radius 3 is 2.54 bits per heavy atom. The Kier molecular flexibility index (Phi) is 9.95. The SMILES string of the molecule is CCCOc1ccc(CN=C(N)NC(C)(C)C)c(OC(F)F)c1.I. The maximum absolute atomic E-state index is 12.6. The molecule has 0 aliphatic heterocycles. The average Bonchev–Trinajstić information content (AvgIpc) is 2.41. The summed E-state index contributed by atoms with van der Waals surface area (Å²) in [5.41, 5.74) is 6.06. The first kappa shape index (κ1) is 22.7. The van der Waals surface area contributed by atoms with E-state index in [1.54, 1.807) is 12.1 Å². The van der Waals surface area contributed by atoms with Crippen LogP contribution in [0.5, 0.6) is 11.5 Å². The molecule has 1 aromatic rings. The van der Waals surface area contributed by atoms with Crippen molar-refractivity contribution >= 4 is 29.9 Å². The van der Waals surface area contributed by atoms with Gasteiger partial charge in [0.1, 0.15) is 11.5 Å². The number of hydrogen-bond acceptors (Lipinski definition) is 3. The first-order chi connectivity index (χ1) is 10.7. The van der Waals surface area contributed by atoms with Gasteiger partial charge in [0.2, 0.25) is 0 Å². The van der Waals surface area contributed by atoms with Crippen LogP contribution in [-0.2, 0) is 6.54 Å². The minimum atomic E-state index is -2.91. The van der Waals surface area contributed by atoms with E-state index < -0.39 is 6.61 Å². The van der Waals surface area contributed by atoms with Crippen LogP contribution >= 0.6 is 24.0 Å². The highest BCUT2D eigenvalue weighted by Crippen LogP contribution is 2.27. The van der Waals surface area contributed by atoms with Crippen molar-refractivity contribution in [3.05, 3.63) is 23.8 Å². The van der Waals surface area contributed by atoms with E-state index in [2.05, 4.69) is 15.0 Å². The van der Waals surface area contributed by atoms with Gasteiger partial charge in [0, 0.05) is 17.2 Å². The summed E-state index contributed by atoms with van der Waals surface area (Å²) >= 11 is 0. The molecule has 3 N–H and O–H groups in total. The summed E-state index contributed by atoms with van der Waals surface area (Å²) in [5, 5.41) is 3.00. The number of nitrogens with two attached hydrogens (primary N) is 1. The van der Waals surface area contributed by atoms with Crippen molar-refractivity contribution in [1.29, 1.82) is 0 Å². The Morgan fingerprint density at radius 1 is 1.33 bits per heavy atom. The van der Waals surface area contributed by atoms with E-state index in [4.69, 9.17) is 10.5 Å². The highest BCUT2D eigenvalue weighted by molar-refractivity contribution is 14.0. The molecule has 0 saturated carbocycles. The first-order valence-electron chi connectivity index (χ1n) is 7.50. The molecule has 0 fully saturated rings. The molecule has 8 heteroatoms. The zero-order valence-corrected chi connectivity index (χ0v) is 16.8. The molecule has 0 aliphatic carbocycles. The summed E-state index contributed by atoms with van der Waals surface area (Å²) in [5.74, 6) is 0.767. The monoisotopic (exact) mass is 457 g/mol. The lowest BCUT2D eigenvalue weighted by Crippen LogP contribution is -2.44. The summed E-state index contributed by atoms with van der Waals surface area (Å²) in [6, 6.07) is 4.79. The highest BCUT2D eigenvalue weighted by Gasteiger charge is 2.13. The quantitative estimate of drug-likeness (QED) is 0.370. The van der Waals surface area contributed by atoms with Gasteiger partial charge in [0.05, 0.1) is 13.2 Å². The molecular weight excluding hydrogens is 431 g/mol. The third kappa shape index (κ3) is 9.09. The number of ether oxygens (including phenoxy) is 2. The molecule has 0 unspecified atom stereocenters. The molecule has 24 heavy (non-hydrogen) atoms. The number of aliphatic imine (C=N–C) groups is 1. The molecule has 0 radical (unpaired) electrons. The zero-order valence-electron chi connectivity index (χ0n) is 14.4. The van der Waals surface area contributed by atoms with Gasteiger partial charge in [-0.1, -0.05) is 6.92 Å². The standard InChI is InChI=1S/C16H25F2N3O2.HI/c1-5-8-22-12-7-6-11(13(9-12)23-14(17)18)10-20-15(19)21-16(2,3)4;/h6-7,9,14H,5,8,10H2,1-4H3,(H3,19,20,21);1H. The fraction of sp³-hybridized carbons (Fsp3) is 0.562. The number of benzene rings is 1. The van der Waals surface area contributed by atoms with E-state index in [1.165, 1.54) is 6.07 Å². The Bertz CT molecular complexity index is 535. The number of rotatable bonds is 7. The summed E-state index contributed by atoms with van der Waals surface area (Å²) in [7, 11) is 0. The van der Waals surface area contributed by atoms with Gasteiger partial charge in [-0.15, -0.1) is 24.0 Å². The first-order valence-corrected chi connectivity index (χ1v) is 7.50. The molecule has 0 heterocycles. The lowest BCUT2D eigenvalue weighted by Gasteiger charge is -2.21. The highest BCUT2D eigenvalue weighted by atomic mass is 127. The van der Waals surface area contributed by atoms with Gasteiger partial charge in [-0.05, 0) is 39.3 Å². The van der Waals surface area contributed by atoms with Crippen molar-refractivity contribution in [1.82, 2.24) is 5.32 Å². The molecule has 0 amide bonds. The van der Waals surface area contributed by atoms with Crippen LogP contribution in [0.4, 0.5) is 8.78 Å². The van der Waals surface area contributed by atoms with Crippen LogP contribution in [0.15, 0.2) is 23.2 Å². The summed E-state index contributed by atoms with van der Waals surface area (Å²) < 4.78 is 35.1. The normalized spacial score (nSPS) is 11.9. The Labute approximate surface area is 159 Å². The molecular formula is C16H26F2IN3O2. The van der Waals surface area contributed by atoms with Gasteiger partial charge in [-0.25, -0.2) is 4.99 Å². The van der Waals surface area contributed by atoms with Crippen LogP contribution in [-0.4, -0.2) is 24.7 Å². The fourth-order valence-corrected chi connectivity index (χ4v) is 1.77. The Morgan fingerprint density at radius 2 is 2.00 bits per heavy atom. The van der Waals surface area contributed by atoms with E-state index in [0.29, 0.717) is 17.9 Å². The molecule has 0 atom stereocenters. The predicted molar refractivity (Wildman–Crippen MR) is 102 cm³/mol. The molecule has 138 valence electrons. The van der Waals surface area contributed by atoms with Crippen LogP contribution in [0, 0.1) is 0 Å². The van der Waals surface area contributed by atoms with Crippen LogP contribution in [0.2, 0.25) is 0 Å². The van der Waals surface area contributed by atoms with Crippen molar-refractivity contribution < 1.29 is 18.3 Å². The maximum atomic E-state index is 12.6. The van der Waals surface area contributed by atoms with Crippen molar-refractivity contribution in [3.63, 3.8) is 0 Å². The van der Waals surface area contributed by atoms with Crippen LogP contribution < -0.4 is 20.5 Å². The average molecular weight is 457 g/mol. The van der Waals surface area contributed by atoms with Gasteiger partial charge in [0.25, 0.3) is 0 Å². The summed E-state index contributed by atoms with van der Waals surface area (Å²) in [6.07, 6.45) is 0.825. The van der Waals surface area contributed by atoms with E-state index in [0.717, 1.165) is 6.42 Å². The third-order valence-electron chi connectivity index (χ3n) is 2.65. The van der Waals surface area contributed by atoms with Gasteiger partial charge in [-0.3, -0.25) is 0 Å². The minimum absolute atomic E-state index is 0. The smallest absolute Gasteiger partial charge is 0.387 e. The molecule has 0 aromatic heterocycles. The van der Waals surface area contributed by atoms with Gasteiger partial charge in [0.15, 0.2) is 5.96 Å². The number of guanidine groups is 1. The number of nitrogens with zero attached hydrogens (tertiary/aromatic N) is 1. The molecule has 5 nitrogen and oxygen atoms in total. The molecule has 0 spiro atoms. The third-order valence-corrected chi connectivity index (χ3v) is 2.65. The number of hydrogen-bond donors (Lipinski definition) is 2. The maximum Gasteiger partial charge on any atom is 0.387 e.